The Balaban J connectivity index is 1.70. The monoisotopic (exact) mass is 466 g/mol. The van der Waals surface area contributed by atoms with Gasteiger partial charge in [-0.15, -0.1) is 23.1 Å². The molecule has 0 fully saturated rings. The van der Waals surface area contributed by atoms with E-state index in [1.165, 1.54) is 16.9 Å². The van der Waals surface area contributed by atoms with E-state index < -0.39 is 0 Å². The maximum Gasteiger partial charge on any atom is 0.261 e. The molecule has 1 aliphatic rings. The van der Waals surface area contributed by atoms with E-state index in [1.54, 1.807) is 18.9 Å². The van der Waals surface area contributed by atoms with Gasteiger partial charge in [0.2, 0.25) is 0 Å². The number of amides is 1. The molecular weight excluding hydrogens is 440 g/mol. The third-order valence-electron chi connectivity index (χ3n) is 5.62. The molecule has 1 aromatic heterocycles. The third-order valence-corrected chi connectivity index (χ3v) is 8.19. The fraction of sp³-hybridized carbons (Fsp3) is 0.280. The van der Waals surface area contributed by atoms with E-state index >= 15 is 0 Å². The topological polar surface area (TPSA) is 70.9 Å². The van der Waals surface area contributed by atoms with Gasteiger partial charge in [-0.2, -0.15) is 0 Å². The van der Waals surface area contributed by atoms with Crippen molar-refractivity contribution in [3.63, 3.8) is 0 Å². The second-order valence-corrected chi connectivity index (χ2v) is 9.90. The first kappa shape index (κ1) is 22.4. The molecule has 5 nitrogen and oxygen atoms in total. The van der Waals surface area contributed by atoms with Gasteiger partial charge >= 0.3 is 0 Å². The lowest BCUT2D eigenvalue weighted by Gasteiger charge is -2.25. The quantitative estimate of drug-likeness (QED) is 0.266. The first-order chi connectivity index (χ1) is 15.6. The van der Waals surface area contributed by atoms with Crippen LogP contribution in [0.5, 0.6) is 5.75 Å². The minimum Gasteiger partial charge on any atom is -0.497 e. The van der Waals surface area contributed by atoms with Gasteiger partial charge in [0.25, 0.3) is 5.91 Å². The fourth-order valence-electron chi connectivity index (χ4n) is 4.03. The van der Waals surface area contributed by atoms with Gasteiger partial charge in [-0.1, -0.05) is 47.6 Å². The number of hydrogen-bond donors (Lipinski definition) is 2. The van der Waals surface area contributed by atoms with Crippen LogP contribution in [-0.4, -0.2) is 30.5 Å². The van der Waals surface area contributed by atoms with Crippen LogP contribution in [0.2, 0.25) is 0 Å². The van der Waals surface area contributed by atoms with Gasteiger partial charge in [0, 0.05) is 24.3 Å². The zero-order valence-corrected chi connectivity index (χ0v) is 19.8. The highest BCUT2D eigenvalue weighted by molar-refractivity contribution is 8.00. The summed E-state index contributed by atoms with van der Waals surface area (Å²) in [7, 11) is 1.65. The minimum absolute atomic E-state index is 0.0621. The smallest absolute Gasteiger partial charge is 0.261 e. The first-order valence-electron chi connectivity index (χ1n) is 10.6. The molecule has 0 spiro atoms. The molecular formula is C25H26N2O3S2. The SMILES string of the molecule is CCNC(=O)c1sc(SCc2ccccc2)c2c1C[C@H](c1ccc(OC)cc1)CC2=NO. The number of oxime groups is 1. The summed E-state index contributed by atoms with van der Waals surface area (Å²) in [6, 6.07) is 18.2. The number of rotatable bonds is 7. The summed E-state index contributed by atoms with van der Waals surface area (Å²) in [6.07, 6.45) is 1.36. The number of nitrogens with one attached hydrogen (secondary N) is 1. The van der Waals surface area contributed by atoms with E-state index in [4.69, 9.17) is 4.74 Å². The molecule has 0 saturated carbocycles. The first-order valence-corrected chi connectivity index (χ1v) is 12.4. The number of benzene rings is 2. The zero-order valence-electron chi connectivity index (χ0n) is 18.1. The van der Waals surface area contributed by atoms with Crippen molar-refractivity contribution >= 4 is 34.7 Å². The molecule has 1 amide bonds. The van der Waals surface area contributed by atoms with E-state index in [0.29, 0.717) is 18.7 Å². The van der Waals surface area contributed by atoms with Crippen LogP contribution in [-0.2, 0) is 12.2 Å². The number of carbonyl (C=O) groups excluding carboxylic acids is 1. The Morgan fingerprint density at radius 1 is 1.19 bits per heavy atom. The Bertz CT molecular complexity index is 1110. The third kappa shape index (κ3) is 4.69. The predicted molar refractivity (Wildman–Crippen MR) is 131 cm³/mol. The van der Waals surface area contributed by atoms with Crippen LogP contribution in [0.4, 0.5) is 0 Å². The molecule has 1 heterocycles. The highest BCUT2D eigenvalue weighted by atomic mass is 32.2. The zero-order chi connectivity index (χ0) is 22.5. The van der Waals surface area contributed by atoms with Crippen molar-refractivity contribution in [1.82, 2.24) is 5.32 Å². The average Bonchev–Trinajstić information content (AvgIpc) is 3.22. The minimum atomic E-state index is -0.0621. The molecule has 0 bridgehead atoms. The molecule has 0 saturated heterocycles. The summed E-state index contributed by atoms with van der Waals surface area (Å²) in [4.78, 5) is 13.6. The Hall–Kier alpha value is -2.77. The van der Waals surface area contributed by atoms with Crippen LogP contribution in [0, 0.1) is 0 Å². The van der Waals surface area contributed by atoms with Crippen LogP contribution < -0.4 is 10.1 Å². The Kier molecular flexibility index (Phi) is 7.17. The van der Waals surface area contributed by atoms with Gasteiger partial charge < -0.3 is 15.3 Å². The molecule has 32 heavy (non-hydrogen) atoms. The van der Waals surface area contributed by atoms with Gasteiger partial charge in [-0.25, -0.2) is 0 Å². The molecule has 1 aliphatic carbocycles. The number of nitrogens with zero attached hydrogens (tertiary/aromatic N) is 1. The molecule has 7 heteroatoms. The van der Waals surface area contributed by atoms with Gasteiger partial charge in [0.05, 0.1) is 21.9 Å². The van der Waals surface area contributed by atoms with E-state index in [1.807, 2.05) is 49.4 Å². The lowest BCUT2D eigenvalue weighted by Crippen LogP contribution is -2.25. The van der Waals surface area contributed by atoms with Crippen LogP contribution in [0.1, 0.15) is 51.2 Å². The fourth-order valence-corrected chi connectivity index (χ4v) is 6.57. The molecule has 3 aromatic rings. The van der Waals surface area contributed by atoms with Crippen molar-refractivity contribution in [2.75, 3.05) is 13.7 Å². The number of ether oxygens (including phenoxy) is 1. The average molecular weight is 467 g/mol. The molecule has 2 aromatic carbocycles. The van der Waals surface area contributed by atoms with Crippen molar-refractivity contribution < 1.29 is 14.7 Å². The van der Waals surface area contributed by atoms with Gasteiger partial charge in [0.1, 0.15) is 5.75 Å². The largest absolute Gasteiger partial charge is 0.497 e. The number of thiophene rings is 1. The van der Waals surface area contributed by atoms with E-state index in [2.05, 4.69) is 22.6 Å². The molecule has 0 aliphatic heterocycles. The van der Waals surface area contributed by atoms with Crippen LogP contribution in [0.25, 0.3) is 0 Å². The molecule has 0 radical (unpaired) electrons. The summed E-state index contributed by atoms with van der Waals surface area (Å²) < 4.78 is 6.31. The summed E-state index contributed by atoms with van der Waals surface area (Å²) in [6.45, 7) is 2.49. The number of hydrogen-bond acceptors (Lipinski definition) is 6. The Morgan fingerprint density at radius 3 is 2.59 bits per heavy atom. The molecule has 4 rings (SSSR count). The highest BCUT2D eigenvalue weighted by Gasteiger charge is 2.33. The summed E-state index contributed by atoms with van der Waals surface area (Å²) in [5.74, 6) is 1.67. The molecule has 0 unspecified atom stereocenters. The lowest BCUT2D eigenvalue weighted by atomic mass is 9.80. The second-order valence-electron chi connectivity index (χ2n) is 7.63. The number of carbonyl (C=O) groups is 1. The van der Waals surface area contributed by atoms with Crippen molar-refractivity contribution in [1.29, 1.82) is 0 Å². The standard InChI is InChI=1S/C25H26N2O3S2/c1-3-26-24(28)23-20-13-18(17-9-11-19(30-2)12-10-17)14-21(27-29)22(20)25(32-23)31-15-16-7-5-4-6-8-16/h4-12,18,29H,3,13-15H2,1-2H3,(H,26,28)/t18-/m0/s1. The van der Waals surface area contributed by atoms with Crippen molar-refractivity contribution in [3.05, 3.63) is 81.7 Å². The van der Waals surface area contributed by atoms with Gasteiger partial charge in [0.15, 0.2) is 0 Å². The van der Waals surface area contributed by atoms with Crippen LogP contribution in [0.15, 0.2) is 64.0 Å². The molecule has 166 valence electrons. The maximum absolute atomic E-state index is 12.9. The summed E-state index contributed by atoms with van der Waals surface area (Å²) in [5, 5.41) is 16.5. The Labute approximate surface area is 196 Å². The van der Waals surface area contributed by atoms with Crippen molar-refractivity contribution in [2.24, 2.45) is 5.16 Å². The van der Waals surface area contributed by atoms with Gasteiger partial charge in [-0.05, 0) is 48.1 Å². The number of fused-ring (bicyclic) bond motifs is 1. The second kappa shape index (κ2) is 10.2. The Morgan fingerprint density at radius 2 is 1.94 bits per heavy atom. The lowest BCUT2D eigenvalue weighted by molar-refractivity contribution is 0.0959. The highest BCUT2D eigenvalue weighted by Crippen LogP contribution is 2.45. The predicted octanol–water partition coefficient (Wildman–Crippen LogP) is 5.71. The van der Waals surface area contributed by atoms with Gasteiger partial charge in [-0.3, -0.25) is 4.79 Å². The van der Waals surface area contributed by atoms with Crippen molar-refractivity contribution in [2.45, 2.75) is 35.6 Å². The maximum atomic E-state index is 12.9. The van der Waals surface area contributed by atoms with E-state index in [9.17, 15) is 10.0 Å². The summed E-state index contributed by atoms with van der Waals surface area (Å²) >= 11 is 3.20. The van der Waals surface area contributed by atoms with Crippen LogP contribution in [0.3, 0.4) is 0 Å². The summed E-state index contributed by atoms with van der Waals surface area (Å²) in [5.41, 5.74) is 4.92. The molecule has 2 N–H and O–H groups in total. The number of thioether (sulfide) groups is 1. The normalized spacial score (nSPS) is 16.6. The van der Waals surface area contributed by atoms with Crippen LogP contribution >= 0.6 is 23.1 Å². The molecule has 1 atom stereocenters. The van der Waals surface area contributed by atoms with E-state index in [-0.39, 0.29) is 11.8 Å². The van der Waals surface area contributed by atoms with Crippen molar-refractivity contribution in [3.8, 4) is 5.75 Å². The van der Waals surface area contributed by atoms with E-state index in [0.717, 1.165) is 43.7 Å². The number of methoxy groups -OCH3 is 1.